The molecule has 0 aromatic carbocycles. The number of primary amides is 1. The zero-order valence-electron chi connectivity index (χ0n) is 12.6. The molecule has 0 radical (unpaired) electrons. The summed E-state index contributed by atoms with van der Waals surface area (Å²) in [7, 11) is 0. The number of allylic oxidation sites excluding steroid dienone is 4. The number of carbonyl (C=O) groups is 2. The minimum atomic E-state index is -1.62. The molecule has 0 fully saturated rings. The van der Waals surface area contributed by atoms with E-state index in [1.165, 1.54) is 25.7 Å². The fourth-order valence-corrected chi connectivity index (χ4v) is 3.08. The van der Waals surface area contributed by atoms with Crippen molar-refractivity contribution in [3.05, 3.63) is 24.3 Å². The molecule has 0 aromatic rings. The van der Waals surface area contributed by atoms with Crippen molar-refractivity contribution in [1.29, 1.82) is 0 Å². The second kappa shape index (κ2) is 10.5. The Kier molecular flexibility index (Phi) is 9.44. The summed E-state index contributed by atoms with van der Waals surface area (Å²) in [4.78, 5) is 23.0. The number of hydrogen-bond acceptors (Lipinski definition) is 3. The van der Waals surface area contributed by atoms with Gasteiger partial charge in [0.1, 0.15) is 0 Å². The van der Waals surface area contributed by atoms with Gasteiger partial charge in [0.2, 0.25) is 11.8 Å². The number of amides is 2. The van der Waals surface area contributed by atoms with Crippen LogP contribution in [0.3, 0.4) is 0 Å². The van der Waals surface area contributed by atoms with E-state index in [0.717, 1.165) is 0 Å². The highest BCUT2D eigenvalue weighted by Crippen LogP contribution is 2.37. The molecule has 0 spiro atoms. The fourth-order valence-electron chi connectivity index (χ4n) is 2.36. The van der Waals surface area contributed by atoms with Gasteiger partial charge in [-0.3, -0.25) is 14.3 Å². The molecule has 0 bridgehead atoms. The van der Waals surface area contributed by atoms with Crippen LogP contribution in [0.4, 0.5) is 0 Å². The Morgan fingerprint density at radius 1 is 1.00 bits per heavy atom. The first-order chi connectivity index (χ1) is 10.8. The average Bonchev–Trinajstić information content (AvgIpc) is 2.54. The van der Waals surface area contributed by atoms with Gasteiger partial charge in [0, 0.05) is 11.9 Å². The zero-order chi connectivity index (χ0) is 17.3. The zero-order valence-corrected chi connectivity index (χ0v) is 15.7. The summed E-state index contributed by atoms with van der Waals surface area (Å²) in [5.41, 5.74) is 5.24. The topological polar surface area (TPSA) is 72.2 Å². The maximum Gasteiger partial charge on any atom is 0.256 e. The van der Waals surface area contributed by atoms with E-state index in [2.05, 4.69) is 16.9 Å². The third kappa shape index (κ3) is 8.89. The standard InChI is InChI=1S/C9H11Cl3N2O2S.C6H10/c10-9(11,12)17-14-8(16)6-4-2-1-3-5(6)7(13)15;1-2-4-6-5-3-1/h1-2,5-6H,3-4H2,(H2,13,15)(H,14,16);1-2H,3-6H2. The Bertz CT molecular complexity index is 456. The van der Waals surface area contributed by atoms with Crippen molar-refractivity contribution in [3.8, 4) is 0 Å². The second-order valence-corrected chi connectivity index (χ2v) is 9.30. The van der Waals surface area contributed by atoms with Crippen LogP contribution in [-0.4, -0.2) is 14.9 Å². The molecule has 2 unspecified atom stereocenters. The van der Waals surface area contributed by atoms with Gasteiger partial charge in [-0.2, -0.15) is 0 Å². The number of hydrogen-bond donors (Lipinski definition) is 2. The summed E-state index contributed by atoms with van der Waals surface area (Å²) in [5, 5.41) is 0. The molecule has 2 aliphatic rings. The number of nitrogens with two attached hydrogens (primary N) is 1. The van der Waals surface area contributed by atoms with Crippen LogP contribution in [0.15, 0.2) is 24.3 Å². The summed E-state index contributed by atoms with van der Waals surface area (Å²) in [6, 6.07) is 0. The Labute approximate surface area is 156 Å². The molecule has 0 aliphatic heterocycles. The van der Waals surface area contributed by atoms with Crippen molar-refractivity contribution in [2.75, 3.05) is 0 Å². The predicted octanol–water partition coefficient (Wildman–Crippen LogP) is 4.26. The van der Waals surface area contributed by atoms with Crippen molar-refractivity contribution in [3.63, 3.8) is 0 Å². The van der Waals surface area contributed by atoms with E-state index >= 15 is 0 Å². The SMILES string of the molecule is C1=CCCCC1.NC(=O)C1CC=CCC1C(=O)NSC(Cl)(Cl)Cl. The smallest absolute Gasteiger partial charge is 0.256 e. The predicted molar refractivity (Wildman–Crippen MR) is 98.2 cm³/mol. The van der Waals surface area contributed by atoms with Crippen LogP contribution < -0.4 is 10.5 Å². The molecule has 0 saturated heterocycles. The van der Waals surface area contributed by atoms with Crippen LogP contribution in [0.1, 0.15) is 38.5 Å². The molecule has 2 amide bonds. The van der Waals surface area contributed by atoms with E-state index in [1.54, 1.807) is 0 Å². The van der Waals surface area contributed by atoms with Crippen molar-refractivity contribution < 1.29 is 9.59 Å². The third-order valence-corrected chi connectivity index (χ3v) is 4.79. The van der Waals surface area contributed by atoms with Crippen molar-refractivity contribution in [1.82, 2.24) is 4.72 Å². The summed E-state index contributed by atoms with van der Waals surface area (Å²) >= 11 is 17.1. The van der Waals surface area contributed by atoms with E-state index in [-0.39, 0.29) is 5.91 Å². The van der Waals surface area contributed by atoms with E-state index in [0.29, 0.717) is 24.8 Å². The van der Waals surface area contributed by atoms with Gasteiger partial charge < -0.3 is 5.73 Å². The molecule has 3 N–H and O–H groups in total. The van der Waals surface area contributed by atoms with E-state index in [9.17, 15) is 9.59 Å². The third-order valence-electron chi connectivity index (χ3n) is 3.56. The lowest BCUT2D eigenvalue weighted by Crippen LogP contribution is -2.39. The lowest BCUT2D eigenvalue weighted by atomic mass is 9.82. The van der Waals surface area contributed by atoms with Crippen LogP contribution in [0, 0.1) is 11.8 Å². The molecule has 4 nitrogen and oxygen atoms in total. The van der Waals surface area contributed by atoms with Gasteiger partial charge in [-0.05, 0) is 38.5 Å². The van der Waals surface area contributed by atoms with E-state index in [1.807, 2.05) is 12.2 Å². The highest BCUT2D eigenvalue weighted by molar-refractivity contribution is 8.03. The molecule has 0 heterocycles. The molecule has 0 saturated carbocycles. The molecule has 2 atom stereocenters. The summed E-state index contributed by atoms with van der Waals surface area (Å²) in [5.74, 6) is -1.85. The van der Waals surface area contributed by atoms with Gasteiger partial charge in [0.25, 0.3) is 3.12 Å². The molecule has 8 heteroatoms. The largest absolute Gasteiger partial charge is 0.369 e. The van der Waals surface area contributed by atoms with Gasteiger partial charge in [-0.15, -0.1) is 0 Å². The van der Waals surface area contributed by atoms with E-state index < -0.39 is 20.9 Å². The van der Waals surface area contributed by atoms with Gasteiger partial charge in [-0.1, -0.05) is 59.1 Å². The molecular formula is C15H21Cl3N2O2S. The first-order valence-electron chi connectivity index (χ1n) is 7.45. The lowest BCUT2D eigenvalue weighted by Gasteiger charge is -2.25. The van der Waals surface area contributed by atoms with Crippen LogP contribution in [0.5, 0.6) is 0 Å². The van der Waals surface area contributed by atoms with Gasteiger partial charge in [0.15, 0.2) is 0 Å². The first kappa shape index (κ1) is 20.7. The second-order valence-electron chi connectivity index (χ2n) is 5.33. The number of carbonyl (C=O) groups excluding carboxylic acids is 2. The normalized spacial score (nSPS) is 23.6. The number of nitrogens with one attached hydrogen (secondary N) is 1. The fraction of sp³-hybridized carbons (Fsp3) is 0.600. The van der Waals surface area contributed by atoms with Crippen molar-refractivity contribution >= 4 is 58.6 Å². The Morgan fingerprint density at radius 3 is 1.91 bits per heavy atom. The monoisotopic (exact) mass is 398 g/mol. The first-order valence-corrected chi connectivity index (χ1v) is 9.40. The Balaban J connectivity index is 0.000000366. The van der Waals surface area contributed by atoms with Gasteiger partial charge >= 0.3 is 0 Å². The average molecular weight is 400 g/mol. The minimum Gasteiger partial charge on any atom is -0.369 e. The lowest BCUT2D eigenvalue weighted by molar-refractivity contribution is -0.132. The molecule has 0 aromatic heterocycles. The maximum absolute atomic E-state index is 11.8. The maximum atomic E-state index is 11.8. The molecule has 130 valence electrons. The molecular weight excluding hydrogens is 379 g/mol. The Hall–Kier alpha value is -0.360. The van der Waals surface area contributed by atoms with Crippen LogP contribution in [0.2, 0.25) is 0 Å². The summed E-state index contributed by atoms with van der Waals surface area (Å²) in [6.07, 6.45) is 14.6. The summed E-state index contributed by atoms with van der Waals surface area (Å²) < 4.78 is 0.795. The quantitative estimate of drug-likeness (QED) is 0.423. The number of rotatable bonds is 3. The van der Waals surface area contributed by atoms with Gasteiger partial charge in [-0.25, -0.2) is 0 Å². The van der Waals surface area contributed by atoms with Crippen molar-refractivity contribution in [2.24, 2.45) is 17.6 Å². The summed E-state index contributed by atoms with van der Waals surface area (Å²) in [6.45, 7) is 0. The van der Waals surface area contributed by atoms with Crippen LogP contribution in [0.25, 0.3) is 0 Å². The van der Waals surface area contributed by atoms with Crippen molar-refractivity contribution in [2.45, 2.75) is 41.6 Å². The molecule has 2 aliphatic carbocycles. The van der Waals surface area contributed by atoms with Crippen LogP contribution in [-0.2, 0) is 9.59 Å². The number of halogens is 3. The van der Waals surface area contributed by atoms with E-state index in [4.69, 9.17) is 40.5 Å². The highest BCUT2D eigenvalue weighted by Gasteiger charge is 2.34. The number of alkyl halides is 3. The van der Waals surface area contributed by atoms with Crippen LogP contribution >= 0.6 is 46.8 Å². The minimum absolute atomic E-state index is 0.352. The molecule has 2 rings (SSSR count). The van der Waals surface area contributed by atoms with Gasteiger partial charge in [0.05, 0.1) is 11.8 Å². The Morgan fingerprint density at radius 2 is 1.52 bits per heavy atom. The molecule has 23 heavy (non-hydrogen) atoms. The highest BCUT2D eigenvalue weighted by atomic mass is 35.6.